The fourth-order valence-corrected chi connectivity index (χ4v) is 1.69. The van der Waals surface area contributed by atoms with E-state index in [0.29, 0.717) is 12.5 Å². The Balaban J connectivity index is 2.11. The van der Waals surface area contributed by atoms with E-state index in [1.54, 1.807) is 6.20 Å². The molecule has 1 aliphatic heterocycles. The molecule has 0 N–H and O–H groups in total. The van der Waals surface area contributed by atoms with E-state index in [1.807, 2.05) is 13.0 Å². The molecular formula is C10H12BrNO2. The van der Waals surface area contributed by atoms with E-state index >= 15 is 0 Å². The number of nitrogens with zero attached hydrogens (tertiary/aromatic N) is 1. The largest absolute Gasteiger partial charge is 0.471 e. The summed E-state index contributed by atoms with van der Waals surface area (Å²) in [5.41, 5.74) is 1.13. The van der Waals surface area contributed by atoms with Gasteiger partial charge in [-0.2, -0.15) is 0 Å². The third kappa shape index (κ3) is 2.07. The first-order valence-electron chi connectivity index (χ1n) is 4.63. The monoisotopic (exact) mass is 257 g/mol. The second kappa shape index (κ2) is 4.28. The van der Waals surface area contributed by atoms with Gasteiger partial charge >= 0.3 is 0 Å². The van der Waals surface area contributed by atoms with Crippen molar-refractivity contribution in [1.29, 1.82) is 0 Å². The van der Waals surface area contributed by atoms with Crippen LogP contribution in [0.15, 0.2) is 16.7 Å². The second-order valence-electron chi connectivity index (χ2n) is 3.35. The second-order valence-corrected chi connectivity index (χ2v) is 4.14. The number of ether oxygens (including phenoxy) is 2. The molecule has 1 aliphatic rings. The zero-order valence-electron chi connectivity index (χ0n) is 8.00. The number of aromatic nitrogens is 1. The van der Waals surface area contributed by atoms with Crippen molar-refractivity contribution >= 4 is 15.9 Å². The number of hydrogen-bond donors (Lipinski definition) is 0. The molecule has 0 amide bonds. The molecule has 1 atom stereocenters. The molecule has 2 rings (SSSR count). The number of halogens is 1. The molecule has 0 spiro atoms. The van der Waals surface area contributed by atoms with Crippen molar-refractivity contribution in [2.45, 2.75) is 19.4 Å². The smallest absolute Gasteiger partial charge is 0.228 e. The van der Waals surface area contributed by atoms with Crippen molar-refractivity contribution in [2.75, 3.05) is 13.2 Å². The third-order valence-corrected chi connectivity index (χ3v) is 3.18. The van der Waals surface area contributed by atoms with Gasteiger partial charge in [0.2, 0.25) is 5.88 Å². The molecule has 1 fully saturated rings. The van der Waals surface area contributed by atoms with E-state index in [2.05, 4.69) is 20.9 Å². The first-order valence-corrected chi connectivity index (χ1v) is 5.42. The average Bonchev–Trinajstić information content (AvgIpc) is 2.66. The Labute approximate surface area is 91.6 Å². The quantitative estimate of drug-likeness (QED) is 0.815. The van der Waals surface area contributed by atoms with Crippen LogP contribution in [0, 0.1) is 6.92 Å². The summed E-state index contributed by atoms with van der Waals surface area (Å²) >= 11 is 3.46. The SMILES string of the molecule is Cc1ccnc(OC2CCOC2)c1Br. The summed E-state index contributed by atoms with van der Waals surface area (Å²) in [4.78, 5) is 4.18. The molecule has 0 saturated carbocycles. The van der Waals surface area contributed by atoms with Crippen LogP contribution in [0.25, 0.3) is 0 Å². The highest BCUT2D eigenvalue weighted by Crippen LogP contribution is 2.27. The minimum Gasteiger partial charge on any atom is -0.471 e. The van der Waals surface area contributed by atoms with Crippen LogP contribution in [0.4, 0.5) is 0 Å². The van der Waals surface area contributed by atoms with Crippen LogP contribution in [0.2, 0.25) is 0 Å². The van der Waals surface area contributed by atoms with Gasteiger partial charge in [0.25, 0.3) is 0 Å². The van der Waals surface area contributed by atoms with Gasteiger partial charge in [-0.05, 0) is 34.5 Å². The minimum absolute atomic E-state index is 0.153. The standard InChI is InChI=1S/C10H12BrNO2/c1-7-2-4-12-10(9(7)11)14-8-3-5-13-6-8/h2,4,8H,3,5-6H2,1H3. The van der Waals surface area contributed by atoms with Crippen LogP contribution >= 0.6 is 15.9 Å². The fourth-order valence-electron chi connectivity index (χ4n) is 1.36. The summed E-state index contributed by atoms with van der Waals surface area (Å²) in [5.74, 6) is 0.667. The van der Waals surface area contributed by atoms with E-state index in [-0.39, 0.29) is 6.10 Å². The maximum absolute atomic E-state index is 5.70. The molecule has 14 heavy (non-hydrogen) atoms. The molecule has 0 aliphatic carbocycles. The van der Waals surface area contributed by atoms with Gasteiger partial charge in [-0.25, -0.2) is 4.98 Å². The molecule has 76 valence electrons. The van der Waals surface area contributed by atoms with E-state index < -0.39 is 0 Å². The van der Waals surface area contributed by atoms with Gasteiger partial charge in [0.1, 0.15) is 6.10 Å². The number of hydrogen-bond acceptors (Lipinski definition) is 3. The Morgan fingerprint density at radius 1 is 1.64 bits per heavy atom. The Morgan fingerprint density at radius 2 is 2.50 bits per heavy atom. The summed E-state index contributed by atoms with van der Waals surface area (Å²) in [5, 5.41) is 0. The normalized spacial score (nSPS) is 21.1. The molecule has 2 heterocycles. The average molecular weight is 258 g/mol. The van der Waals surface area contributed by atoms with Gasteiger partial charge < -0.3 is 9.47 Å². The van der Waals surface area contributed by atoms with Crippen LogP contribution in [-0.2, 0) is 4.74 Å². The van der Waals surface area contributed by atoms with Gasteiger partial charge in [0.15, 0.2) is 0 Å². The fraction of sp³-hybridized carbons (Fsp3) is 0.500. The molecule has 0 bridgehead atoms. The highest BCUT2D eigenvalue weighted by Gasteiger charge is 2.19. The first-order chi connectivity index (χ1) is 6.77. The topological polar surface area (TPSA) is 31.4 Å². The molecule has 1 aromatic heterocycles. The van der Waals surface area contributed by atoms with E-state index in [1.165, 1.54) is 0 Å². The molecule has 1 saturated heterocycles. The Bertz CT molecular complexity index is 324. The molecule has 1 aromatic rings. The van der Waals surface area contributed by atoms with Crippen molar-refractivity contribution in [1.82, 2.24) is 4.98 Å². The summed E-state index contributed by atoms with van der Waals surface area (Å²) < 4.78 is 11.9. The Morgan fingerprint density at radius 3 is 3.21 bits per heavy atom. The van der Waals surface area contributed by atoms with E-state index in [4.69, 9.17) is 9.47 Å². The summed E-state index contributed by atoms with van der Waals surface area (Å²) in [7, 11) is 0. The predicted molar refractivity (Wildman–Crippen MR) is 56.5 cm³/mol. The molecule has 4 heteroatoms. The Kier molecular flexibility index (Phi) is 3.03. The van der Waals surface area contributed by atoms with Crippen LogP contribution in [0.5, 0.6) is 5.88 Å². The third-order valence-electron chi connectivity index (χ3n) is 2.22. The lowest BCUT2D eigenvalue weighted by Crippen LogP contribution is -2.16. The molecule has 0 radical (unpaired) electrons. The molecule has 3 nitrogen and oxygen atoms in total. The van der Waals surface area contributed by atoms with Gasteiger partial charge in [0.05, 0.1) is 17.7 Å². The zero-order valence-corrected chi connectivity index (χ0v) is 9.58. The summed E-state index contributed by atoms with van der Waals surface area (Å²) in [6.45, 7) is 3.47. The maximum Gasteiger partial charge on any atom is 0.228 e. The van der Waals surface area contributed by atoms with Gasteiger partial charge in [0, 0.05) is 12.6 Å². The molecule has 1 unspecified atom stereocenters. The number of pyridine rings is 1. The summed E-state index contributed by atoms with van der Waals surface area (Å²) in [6, 6.07) is 1.95. The first kappa shape index (κ1) is 9.93. The van der Waals surface area contributed by atoms with Crippen molar-refractivity contribution in [3.05, 3.63) is 22.3 Å². The van der Waals surface area contributed by atoms with E-state index in [9.17, 15) is 0 Å². The predicted octanol–water partition coefficient (Wildman–Crippen LogP) is 2.32. The van der Waals surface area contributed by atoms with Crippen molar-refractivity contribution in [2.24, 2.45) is 0 Å². The van der Waals surface area contributed by atoms with Crippen molar-refractivity contribution in [3.8, 4) is 5.88 Å². The van der Waals surface area contributed by atoms with Crippen LogP contribution in [-0.4, -0.2) is 24.3 Å². The van der Waals surface area contributed by atoms with Crippen LogP contribution in [0.1, 0.15) is 12.0 Å². The van der Waals surface area contributed by atoms with Crippen LogP contribution < -0.4 is 4.74 Å². The highest BCUT2D eigenvalue weighted by molar-refractivity contribution is 9.10. The maximum atomic E-state index is 5.70. The van der Waals surface area contributed by atoms with Crippen LogP contribution in [0.3, 0.4) is 0 Å². The van der Waals surface area contributed by atoms with Crippen molar-refractivity contribution in [3.63, 3.8) is 0 Å². The lowest BCUT2D eigenvalue weighted by Gasteiger charge is -2.12. The lowest BCUT2D eigenvalue weighted by molar-refractivity contribution is 0.137. The molecular weight excluding hydrogens is 246 g/mol. The van der Waals surface area contributed by atoms with Gasteiger partial charge in [-0.1, -0.05) is 0 Å². The number of rotatable bonds is 2. The Hall–Kier alpha value is -0.610. The van der Waals surface area contributed by atoms with Gasteiger partial charge in [-0.3, -0.25) is 0 Å². The highest BCUT2D eigenvalue weighted by atomic mass is 79.9. The van der Waals surface area contributed by atoms with E-state index in [0.717, 1.165) is 23.1 Å². The molecule has 0 aromatic carbocycles. The lowest BCUT2D eigenvalue weighted by atomic mass is 10.3. The summed E-state index contributed by atoms with van der Waals surface area (Å²) in [6.07, 6.45) is 2.86. The van der Waals surface area contributed by atoms with Gasteiger partial charge in [-0.15, -0.1) is 0 Å². The zero-order chi connectivity index (χ0) is 9.97. The number of aryl methyl sites for hydroxylation is 1. The minimum atomic E-state index is 0.153. The van der Waals surface area contributed by atoms with Crippen molar-refractivity contribution < 1.29 is 9.47 Å².